The number of benzene rings is 1. The van der Waals surface area contributed by atoms with E-state index in [0.717, 1.165) is 5.56 Å². The van der Waals surface area contributed by atoms with E-state index in [2.05, 4.69) is 36.7 Å². The smallest absolute Gasteiger partial charge is 0.251 e. The number of carbonyl (C=O) groups is 2. The molecule has 27 heavy (non-hydrogen) atoms. The number of β-amino-alcohol motifs (C(OH)–C–C–N with tert-alkyl or cyclic N) is 1. The SMILES string of the molecule is CC(C)C(NC(=O)c1ccc(C(C)(C)C)cc1)C(=O)NCC1CNCC1O. The number of rotatable bonds is 6. The molecule has 0 aromatic heterocycles. The third-order valence-electron chi connectivity index (χ3n) is 5.09. The molecule has 4 N–H and O–H groups in total. The zero-order chi connectivity index (χ0) is 20.2. The van der Waals surface area contributed by atoms with Crippen LogP contribution in [0.15, 0.2) is 24.3 Å². The fourth-order valence-corrected chi connectivity index (χ4v) is 3.15. The van der Waals surface area contributed by atoms with Gasteiger partial charge in [0.05, 0.1) is 6.10 Å². The van der Waals surface area contributed by atoms with E-state index in [1.165, 1.54) is 0 Å². The highest BCUT2D eigenvalue weighted by molar-refractivity contribution is 5.97. The highest BCUT2D eigenvalue weighted by atomic mass is 16.3. The molecule has 150 valence electrons. The number of nitrogens with one attached hydrogen (secondary N) is 3. The molecule has 6 heteroatoms. The fraction of sp³-hybridized carbons (Fsp3) is 0.619. The van der Waals surface area contributed by atoms with Crippen LogP contribution in [0.5, 0.6) is 0 Å². The minimum absolute atomic E-state index is 0.00223. The van der Waals surface area contributed by atoms with Crippen LogP contribution in [0.2, 0.25) is 0 Å². The fourth-order valence-electron chi connectivity index (χ4n) is 3.15. The van der Waals surface area contributed by atoms with Gasteiger partial charge in [0.2, 0.25) is 5.91 Å². The summed E-state index contributed by atoms with van der Waals surface area (Å²) in [6.07, 6.45) is -0.446. The second-order valence-electron chi connectivity index (χ2n) is 8.75. The van der Waals surface area contributed by atoms with Crippen molar-refractivity contribution in [1.29, 1.82) is 0 Å². The largest absolute Gasteiger partial charge is 0.391 e. The van der Waals surface area contributed by atoms with Crippen LogP contribution in [0, 0.1) is 11.8 Å². The van der Waals surface area contributed by atoms with Crippen LogP contribution >= 0.6 is 0 Å². The summed E-state index contributed by atoms with van der Waals surface area (Å²) in [5.74, 6) is -0.521. The molecule has 0 spiro atoms. The Hall–Kier alpha value is -1.92. The van der Waals surface area contributed by atoms with Gasteiger partial charge in [0, 0.05) is 31.1 Å². The van der Waals surface area contributed by atoms with E-state index in [9.17, 15) is 14.7 Å². The molecule has 1 fully saturated rings. The van der Waals surface area contributed by atoms with Crippen molar-refractivity contribution < 1.29 is 14.7 Å². The van der Waals surface area contributed by atoms with Crippen LogP contribution in [0.4, 0.5) is 0 Å². The summed E-state index contributed by atoms with van der Waals surface area (Å²) in [6, 6.07) is 6.88. The number of hydrogen-bond acceptors (Lipinski definition) is 4. The van der Waals surface area contributed by atoms with E-state index in [-0.39, 0.29) is 29.1 Å². The van der Waals surface area contributed by atoms with Gasteiger partial charge in [-0.05, 0) is 29.0 Å². The van der Waals surface area contributed by atoms with Crippen molar-refractivity contribution in [2.45, 2.75) is 52.2 Å². The lowest BCUT2D eigenvalue weighted by molar-refractivity contribution is -0.124. The maximum Gasteiger partial charge on any atom is 0.251 e. The standard InChI is InChI=1S/C21H33N3O3/c1-13(2)18(20(27)23-11-15-10-22-12-17(15)25)24-19(26)14-6-8-16(9-7-14)21(3,4)5/h6-9,13,15,17-18,22,25H,10-12H2,1-5H3,(H,23,27)(H,24,26). The summed E-state index contributed by atoms with van der Waals surface area (Å²) in [6.45, 7) is 11.8. The molecule has 2 amide bonds. The van der Waals surface area contributed by atoms with Crippen LogP contribution in [0.1, 0.15) is 50.5 Å². The summed E-state index contributed by atoms with van der Waals surface area (Å²) in [5.41, 5.74) is 1.72. The van der Waals surface area contributed by atoms with Gasteiger partial charge in [-0.2, -0.15) is 0 Å². The Morgan fingerprint density at radius 3 is 2.30 bits per heavy atom. The quantitative estimate of drug-likeness (QED) is 0.606. The summed E-state index contributed by atoms with van der Waals surface area (Å²) in [5, 5.41) is 18.7. The predicted molar refractivity (Wildman–Crippen MR) is 107 cm³/mol. The number of amides is 2. The van der Waals surface area contributed by atoms with Crippen LogP contribution < -0.4 is 16.0 Å². The van der Waals surface area contributed by atoms with Crippen LogP contribution in [0.25, 0.3) is 0 Å². The zero-order valence-corrected chi connectivity index (χ0v) is 17.0. The van der Waals surface area contributed by atoms with Gasteiger partial charge in [-0.1, -0.05) is 46.8 Å². The molecule has 0 aliphatic carbocycles. The Morgan fingerprint density at radius 2 is 1.81 bits per heavy atom. The van der Waals surface area contributed by atoms with Gasteiger partial charge >= 0.3 is 0 Å². The first-order chi connectivity index (χ1) is 12.6. The molecule has 2 rings (SSSR count). The van der Waals surface area contributed by atoms with Gasteiger partial charge in [0.1, 0.15) is 6.04 Å². The predicted octanol–water partition coefficient (Wildman–Crippen LogP) is 1.44. The van der Waals surface area contributed by atoms with Crippen molar-refractivity contribution in [3.63, 3.8) is 0 Å². The Morgan fingerprint density at radius 1 is 1.19 bits per heavy atom. The molecule has 1 aliphatic rings. The number of hydrogen-bond donors (Lipinski definition) is 4. The Bertz CT molecular complexity index is 650. The Kier molecular flexibility index (Phi) is 7.00. The van der Waals surface area contributed by atoms with E-state index >= 15 is 0 Å². The lowest BCUT2D eigenvalue weighted by atomic mass is 9.86. The molecule has 1 saturated heterocycles. The summed E-state index contributed by atoms with van der Waals surface area (Å²) in [4.78, 5) is 25.2. The van der Waals surface area contributed by atoms with Crippen LogP contribution in [0.3, 0.4) is 0 Å². The van der Waals surface area contributed by atoms with Crippen LogP contribution in [-0.2, 0) is 10.2 Å². The van der Waals surface area contributed by atoms with Crippen molar-refractivity contribution in [2.24, 2.45) is 11.8 Å². The normalized spacial score (nSPS) is 21.1. The maximum absolute atomic E-state index is 12.6. The minimum Gasteiger partial charge on any atom is -0.391 e. The average Bonchev–Trinajstić information content (AvgIpc) is 3.01. The van der Waals surface area contributed by atoms with Gasteiger partial charge in [0.25, 0.3) is 5.91 Å². The van der Waals surface area contributed by atoms with E-state index in [4.69, 9.17) is 0 Å². The van der Waals surface area contributed by atoms with Crippen molar-refractivity contribution >= 4 is 11.8 Å². The third-order valence-corrected chi connectivity index (χ3v) is 5.09. The topological polar surface area (TPSA) is 90.5 Å². The van der Waals surface area contributed by atoms with Gasteiger partial charge in [-0.15, -0.1) is 0 Å². The number of carbonyl (C=O) groups excluding carboxylic acids is 2. The van der Waals surface area contributed by atoms with E-state index < -0.39 is 12.1 Å². The molecule has 1 aliphatic heterocycles. The van der Waals surface area contributed by atoms with E-state index in [1.54, 1.807) is 12.1 Å². The number of aliphatic hydroxyl groups excluding tert-OH is 1. The number of aliphatic hydroxyl groups is 1. The molecule has 6 nitrogen and oxygen atoms in total. The van der Waals surface area contributed by atoms with Crippen molar-refractivity contribution in [1.82, 2.24) is 16.0 Å². The second-order valence-corrected chi connectivity index (χ2v) is 8.75. The molecule has 0 radical (unpaired) electrons. The zero-order valence-electron chi connectivity index (χ0n) is 17.0. The van der Waals surface area contributed by atoms with Crippen molar-refractivity contribution in [3.05, 3.63) is 35.4 Å². The highest BCUT2D eigenvalue weighted by Crippen LogP contribution is 2.22. The summed E-state index contributed by atoms with van der Waals surface area (Å²) < 4.78 is 0. The molecule has 0 saturated carbocycles. The molecular weight excluding hydrogens is 342 g/mol. The first-order valence-corrected chi connectivity index (χ1v) is 9.67. The van der Waals surface area contributed by atoms with Gasteiger partial charge in [-0.25, -0.2) is 0 Å². The van der Waals surface area contributed by atoms with Gasteiger partial charge in [0.15, 0.2) is 0 Å². The Balaban J connectivity index is 1.97. The summed E-state index contributed by atoms with van der Waals surface area (Å²) in [7, 11) is 0. The monoisotopic (exact) mass is 375 g/mol. The van der Waals surface area contributed by atoms with Crippen LogP contribution in [-0.4, -0.2) is 48.7 Å². The van der Waals surface area contributed by atoms with Crippen molar-refractivity contribution in [2.75, 3.05) is 19.6 Å². The third kappa shape index (κ3) is 5.78. The molecular formula is C21H33N3O3. The lowest BCUT2D eigenvalue weighted by Gasteiger charge is -2.23. The maximum atomic E-state index is 12.6. The second kappa shape index (κ2) is 8.85. The first kappa shape index (κ1) is 21.4. The molecule has 1 heterocycles. The van der Waals surface area contributed by atoms with E-state index in [0.29, 0.717) is 25.2 Å². The minimum atomic E-state index is -0.619. The molecule has 1 aromatic rings. The lowest BCUT2D eigenvalue weighted by Crippen LogP contribution is -2.51. The first-order valence-electron chi connectivity index (χ1n) is 9.67. The molecule has 0 bridgehead atoms. The molecule has 3 unspecified atom stereocenters. The summed E-state index contributed by atoms with van der Waals surface area (Å²) >= 11 is 0. The molecule has 1 aromatic carbocycles. The van der Waals surface area contributed by atoms with Crippen molar-refractivity contribution in [3.8, 4) is 0 Å². The van der Waals surface area contributed by atoms with Gasteiger partial charge < -0.3 is 21.1 Å². The molecule has 3 atom stereocenters. The van der Waals surface area contributed by atoms with Gasteiger partial charge in [-0.3, -0.25) is 9.59 Å². The average molecular weight is 376 g/mol. The van der Waals surface area contributed by atoms with E-state index in [1.807, 2.05) is 26.0 Å². The highest BCUT2D eigenvalue weighted by Gasteiger charge is 2.28. The Labute approximate surface area is 162 Å².